The Balaban J connectivity index is 2.79. The van der Waals surface area contributed by atoms with Gasteiger partial charge in [0, 0.05) is 0 Å². The van der Waals surface area contributed by atoms with Crippen LogP contribution < -0.4 is 0 Å². The maximum Gasteiger partial charge on any atom is 0.453 e. The zero-order valence-electron chi connectivity index (χ0n) is 11.1. The lowest BCUT2D eigenvalue weighted by atomic mass is 9.99. The van der Waals surface area contributed by atoms with E-state index >= 15 is 0 Å². The van der Waals surface area contributed by atoms with Gasteiger partial charge in [0.1, 0.15) is 0 Å². The largest absolute Gasteiger partial charge is 0.453 e. The van der Waals surface area contributed by atoms with Gasteiger partial charge in [0.25, 0.3) is 0 Å². The predicted molar refractivity (Wildman–Crippen MR) is 65.6 cm³/mol. The second-order valence-corrected chi connectivity index (χ2v) is 4.77. The minimum absolute atomic E-state index is 0.0857. The molecule has 0 aliphatic carbocycles. The Morgan fingerprint density at radius 1 is 1.15 bits per heavy atom. The number of aliphatic hydroxyl groups excluding tert-OH is 1. The molecular formula is C14H17F5O. The van der Waals surface area contributed by atoms with Gasteiger partial charge in [-0.3, -0.25) is 0 Å². The van der Waals surface area contributed by atoms with Crippen LogP contribution in [0.15, 0.2) is 24.3 Å². The molecule has 0 saturated heterocycles. The first kappa shape index (κ1) is 16.9. The van der Waals surface area contributed by atoms with Crippen molar-refractivity contribution in [3.8, 4) is 0 Å². The molecule has 0 radical (unpaired) electrons. The van der Waals surface area contributed by atoms with Gasteiger partial charge >= 0.3 is 12.1 Å². The van der Waals surface area contributed by atoms with Crippen molar-refractivity contribution in [2.75, 3.05) is 0 Å². The second kappa shape index (κ2) is 6.52. The summed E-state index contributed by atoms with van der Waals surface area (Å²) in [5, 5.41) is 9.59. The Morgan fingerprint density at radius 2 is 1.80 bits per heavy atom. The zero-order chi connectivity index (χ0) is 15.4. The number of hydrogen-bond acceptors (Lipinski definition) is 1. The Labute approximate surface area is 114 Å². The van der Waals surface area contributed by atoms with Gasteiger partial charge in [-0.25, -0.2) is 0 Å². The van der Waals surface area contributed by atoms with Crippen LogP contribution >= 0.6 is 0 Å². The van der Waals surface area contributed by atoms with E-state index in [-0.39, 0.29) is 5.56 Å². The second-order valence-electron chi connectivity index (χ2n) is 4.77. The standard InChI is InChI=1S/C14H17F5O/c1-2-3-5-10-6-4-7-11(8-10)12(20)9-13(15,16)14(17,18)19/h4,6-8,12,20H,2-3,5,9H2,1H3. The first-order valence-electron chi connectivity index (χ1n) is 6.39. The Bertz CT molecular complexity index is 428. The molecule has 1 N–H and O–H groups in total. The third kappa shape index (κ3) is 4.44. The molecule has 0 saturated carbocycles. The number of alkyl halides is 5. The number of unbranched alkanes of at least 4 members (excludes halogenated alkanes) is 1. The van der Waals surface area contributed by atoms with Crippen LogP contribution in [0.5, 0.6) is 0 Å². The van der Waals surface area contributed by atoms with Gasteiger partial charge in [0.15, 0.2) is 0 Å². The van der Waals surface area contributed by atoms with Crippen molar-refractivity contribution < 1.29 is 27.1 Å². The van der Waals surface area contributed by atoms with Crippen molar-refractivity contribution in [2.24, 2.45) is 0 Å². The average molecular weight is 296 g/mol. The van der Waals surface area contributed by atoms with E-state index in [0.29, 0.717) is 6.42 Å². The van der Waals surface area contributed by atoms with E-state index in [1.807, 2.05) is 6.92 Å². The van der Waals surface area contributed by atoms with Gasteiger partial charge in [-0.2, -0.15) is 22.0 Å². The van der Waals surface area contributed by atoms with Crippen molar-refractivity contribution in [3.05, 3.63) is 35.4 Å². The summed E-state index contributed by atoms with van der Waals surface area (Å²) in [6.07, 6.45) is -6.61. The highest BCUT2D eigenvalue weighted by molar-refractivity contribution is 5.25. The normalized spacial score (nSPS) is 14.3. The fourth-order valence-electron chi connectivity index (χ4n) is 1.81. The molecule has 1 nitrogen and oxygen atoms in total. The molecule has 20 heavy (non-hydrogen) atoms. The van der Waals surface area contributed by atoms with Crippen LogP contribution in [0.25, 0.3) is 0 Å². The first-order valence-corrected chi connectivity index (χ1v) is 6.39. The van der Waals surface area contributed by atoms with Gasteiger partial charge in [0.2, 0.25) is 0 Å². The summed E-state index contributed by atoms with van der Waals surface area (Å²) >= 11 is 0. The van der Waals surface area contributed by atoms with E-state index in [1.165, 1.54) is 12.1 Å². The Morgan fingerprint density at radius 3 is 2.35 bits per heavy atom. The van der Waals surface area contributed by atoms with Crippen LogP contribution in [-0.4, -0.2) is 17.2 Å². The molecule has 0 aromatic heterocycles. The van der Waals surface area contributed by atoms with E-state index in [0.717, 1.165) is 18.4 Å². The fraction of sp³-hybridized carbons (Fsp3) is 0.571. The highest BCUT2D eigenvalue weighted by atomic mass is 19.4. The molecule has 0 spiro atoms. The van der Waals surface area contributed by atoms with Gasteiger partial charge in [-0.15, -0.1) is 0 Å². The molecule has 0 fully saturated rings. The molecule has 114 valence electrons. The number of halogens is 5. The maximum absolute atomic E-state index is 12.9. The predicted octanol–water partition coefficient (Wildman–Crippen LogP) is 4.65. The molecule has 1 unspecified atom stereocenters. The highest BCUT2D eigenvalue weighted by Gasteiger charge is 2.58. The van der Waals surface area contributed by atoms with E-state index in [1.54, 1.807) is 12.1 Å². The SMILES string of the molecule is CCCCc1cccc(C(O)CC(F)(F)C(F)(F)F)c1. The van der Waals surface area contributed by atoms with Gasteiger partial charge in [-0.05, 0) is 24.0 Å². The molecule has 0 aliphatic heterocycles. The van der Waals surface area contributed by atoms with Gasteiger partial charge in [-0.1, -0.05) is 37.6 Å². The summed E-state index contributed by atoms with van der Waals surface area (Å²) in [5.41, 5.74) is 0.904. The van der Waals surface area contributed by atoms with E-state index in [9.17, 15) is 27.1 Å². The molecule has 1 aromatic carbocycles. The van der Waals surface area contributed by atoms with Crippen LogP contribution in [0.4, 0.5) is 22.0 Å². The highest BCUT2D eigenvalue weighted by Crippen LogP contribution is 2.41. The third-order valence-electron chi connectivity index (χ3n) is 3.02. The number of benzene rings is 1. The lowest BCUT2D eigenvalue weighted by Crippen LogP contribution is -2.37. The molecular weight excluding hydrogens is 279 g/mol. The zero-order valence-corrected chi connectivity index (χ0v) is 11.1. The van der Waals surface area contributed by atoms with E-state index in [2.05, 4.69) is 0 Å². The van der Waals surface area contributed by atoms with Crippen LogP contribution in [0.3, 0.4) is 0 Å². The van der Waals surface area contributed by atoms with Gasteiger partial charge in [0.05, 0.1) is 12.5 Å². The lowest BCUT2D eigenvalue weighted by Gasteiger charge is -2.22. The summed E-state index contributed by atoms with van der Waals surface area (Å²) in [4.78, 5) is 0. The van der Waals surface area contributed by atoms with Crippen molar-refractivity contribution in [3.63, 3.8) is 0 Å². The Kier molecular flexibility index (Phi) is 5.50. The summed E-state index contributed by atoms with van der Waals surface area (Å²) in [6, 6.07) is 6.14. The lowest BCUT2D eigenvalue weighted by molar-refractivity contribution is -0.290. The van der Waals surface area contributed by atoms with Crippen LogP contribution in [0, 0.1) is 0 Å². The minimum atomic E-state index is -5.65. The molecule has 1 aromatic rings. The minimum Gasteiger partial charge on any atom is -0.388 e. The van der Waals surface area contributed by atoms with Crippen molar-refractivity contribution in [1.82, 2.24) is 0 Å². The average Bonchev–Trinajstić information content (AvgIpc) is 2.35. The molecule has 0 aliphatic rings. The number of rotatable bonds is 6. The van der Waals surface area contributed by atoms with E-state index in [4.69, 9.17) is 0 Å². The van der Waals surface area contributed by atoms with Gasteiger partial charge < -0.3 is 5.11 Å². The number of aryl methyl sites for hydroxylation is 1. The molecule has 0 heterocycles. The summed E-state index contributed by atoms with van der Waals surface area (Å²) in [5.74, 6) is -4.90. The quantitative estimate of drug-likeness (QED) is 0.758. The summed E-state index contributed by atoms with van der Waals surface area (Å²) < 4.78 is 62.1. The summed E-state index contributed by atoms with van der Waals surface area (Å²) in [7, 11) is 0. The molecule has 1 atom stereocenters. The van der Waals surface area contributed by atoms with Crippen molar-refractivity contribution in [1.29, 1.82) is 0 Å². The first-order chi connectivity index (χ1) is 9.17. The topological polar surface area (TPSA) is 20.2 Å². The summed E-state index contributed by atoms with van der Waals surface area (Å²) in [6.45, 7) is 1.99. The fourth-order valence-corrected chi connectivity index (χ4v) is 1.81. The third-order valence-corrected chi connectivity index (χ3v) is 3.02. The Hall–Kier alpha value is -1.17. The van der Waals surface area contributed by atoms with E-state index < -0.39 is 24.6 Å². The van der Waals surface area contributed by atoms with Crippen molar-refractivity contribution in [2.45, 2.75) is 50.8 Å². The van der Waals surface area contributed by atoms with Crippen LogP contribution in [0.1, 0.15) is 43.4 Å². The van der Waals surface area contributed by atoms with Crippen molar-refractivity contribution >= 4 is 0 Å². The molecule has 1 rings (SSSR count). The smallest absolute Gasteiger partial charge is 0.388 e. The molecule has 0 bridgehead atoms. The maximum atomic E-state index is 12.9. The molecule has 0 amide bonds. The van der Waals surface area contributed by atoms with Crippen LogP contribution in [-0.2, 0) is 6.42 Å². The van der Waals surface area contributed by atoms with Crippen LogP contribution in [0.2, 0.25) is 0 Å². The molecule has 6 heteroatoms. The monoisotopic (exact) mass is 296 g/mol. The number of aliphatic hydroxyl groups is 1. The number of hydrogen-bond donors (Lipinski definition) is 1.